The number of carbonyl (C=O) groups is 1. The summed E-state index contributed by atoms with van der Waals surface area (Å²) >= 11 is 0. The van der Waals surface area contributed by atoms with Crippen LogP contribution in [0.1, 0.15) is 24.3 Å². The highest BCUT2D eigenvalue weighted by Crippen LogP contribution is 2.42. The molecule has 182 valence electrons. The van der Waals surface area contributed by atoms with E-state index in [4.69, 9.17) is 0 Å². The standard InChI is InChI=1S/C26H27F2N5O2/c27-20-7-8-21(28)22(11-20)31-26(35)32-9-1-2-10-33-23(14-32)25(24(33)15-34)18-5-3-17(4-6-18)19-12-29-16-30-13-19/h3-8,11-13,16,23-25,34H,1-2,9-10,14-15H2,(H,31,35)/t23-,24+,25+/m0/s1. The molecule has 3 heterocycles. The number of rotatable bonds is 4. The Balaban J connectivity index is 1.35. The Kier molecular flexibility index (Phi) is 6.70. The van der Waals surface area contributed by atoms with Crippen molar-refractivity contribution in [2.24, 2.45) is 0 Å². The summed E-state index contributed by atoms with van der Waals surface area (Å²) < 4.78 is 27.7. The first-order valence-corrected chi connectivity index (χ1v) is 11.8. The van der Waals surface area contributed by atoms with Crippen LogP contribution in [-0.4, -0.2) is 69.2 Å². The van der Waals surface area contributed by atoms with E-state index < -0.39 is 17.7 Å². The molecule has 7 nitrogen and oxygen atoms in total. The minimum absolute atomic E-state index is 0.0152. The second-order valence-corrected chi connectivity index (χ2v) is 9.04. The average molecular weight is 480 g/mol. The average Bonchev–Trinajstić information content (AvgIpc) is 2.86. The molecule has 0 spiro atoms. The molecule has 2 aliphatic rings. The van der Waals surface area contributed by atoms with Crippen molar-refractivity contribution in [1.82, 2.24) is 19.8 Å². The second-order valence-electron chi connectivity index (χ2n) is 9.04. The lowest BCUT2D eigenvalue weighted by Crippen LogP contribution is -2.68. The zero-order chi connectivity index (χ0) is 24.4. The summed E-state index contributed by atoms with van der Waals surface area (Å²) in [6.07, 6.45) is 6.68. The number of nitrogens with one attached hydrogen (secondary N) is 1. The summed E-state index contributed by atoms with van der Waals surface area (Å²) in [6.45, 7) is 1.82. The van der Waals surface area contributed by atoms with E-state index in [0.717, 1.165) is 54.3 Å². The van der Waals surface area contributed by atoms with Crippen molar-refractivity contribution in [2.45, 2.75) is 30.8 Å². The summed E-state index contributed by atoms with van der Waals surface area (Å²) in [5, 5.41) is 12.7. The number of aromatic nitrogens is 2. The Morgan fingerprint density at radius 3 is 2.51 bits per heavy atom. The van der Waals surface area contributed by atoms with E-state index in [1.165, 1.54) is 6.33 Å². The van der Waals surface area contributed by atoms with Crippen LogP contribution in [0.2, 0.25) is 0 Å². The zero-order valence-corrected chi connectivity index (χ0v) is 19.1. The van der Waals surface area contributed by atoms with Crippen molar-refractivity contribution < 1.29 is 18.7 Å². The maximum absolute atomic E-state index is 14.1. The molecule has 3 aromatic rings. The van der Waals surface area contributed by atoms with Crippen LogP contribution in [0.5, 0.6) is 0 Å². The molecule has 2 fully saturated rings. The van der Waals surface area contributed by atoms with Crippen LogP contribution in [0.3, 0.4) is 0 Å². The van der Waals surface area contributed by atoms with Crippen molar-refractivity contribution in [3.05, 3.63) is 78.4 Å². The third-order valence-corrected chi connectivity index (χ3v) is 7.02. The number of aliphatic hydroxyl groups is 1. The normalized spacial score (nSPS) is 22.5. The van der Waals surface area contributed by atoms with E-state index in [1.54, 1.807) is 17.3 Å². The summed E-state index contributed by atoms with van der Waals surface area (Å²) in [6, 6.07) is 10.7. The van der Waals surface area contributed by atoms with Crippen LogP contribution in [-0.2, 0) is 0 Å². The molecule has 0 saturated carbocycles. The van der Waals surface area contributed by atoms with Gasteiger partial charge in [-0.25, -0.2) is 23.5 Å². The molecule has 0 radical (unpaired) electrons. The SMILES string of the molecule is O=C(Nc1cc(F)ccc1F)N1CCCCN2[C@H](CO)[C@H](c3ccc(-c4cncnc4)cc3)[C@@H]2C1. The second kappa shape index (κ2) is 10.1. The number of anilines is 1. The monoisotopic (exact) mass is 479 g/mol. The van der Waals surface area contributed by atoms with Gasteiger partial charge >= 0.3 is 6.03 Å². The van der Waals surface area contributed by atoms with Gasteiger partial charge in [0, 0.05) is 55.1 Å². The molecule has 0 aliphatic carbocycles. The molecule has 2 saturated heterocycles. The van der Waals surface area contributed by atoms with Gasteiger partial charge in [0.05, 0.1) is 12.3 Å². The van der Waals surface area contributed by atoms with Gasteiger partial charge in [-0.05, 0) is 42.6 Å². The third kappa shape index (κ3) is 4.74. The lowest BCUT2D eigenvalue weighted by molar-refractivity contribution is -0.0585. The van der Waals surface area contributed by atoms with Crippen LogP contribution in [0, 0.1) is 11.6 Å². The Bertz CT molecular complexity index is 1180. The Morgan fingerprint density at radius 1 is 1.03 bits per heavy atom. The Hall–Kier alpha value is -3.43. The number of hydrogen-bond acceptors (Lipinski definition) is 5. The molecular weight excluding hydrogens is 452 g/mol. The van der Waals surface area contributed by atoms with Crippen LogP contribution in [0.25, 0.3) is 11.1 Å². The first-order chi connectivity index (χ1) is 17.0. The van der Waals surface area contributed by atoms with Crippen molar-refractivity contribution in [3.8, 4) is 11.1 Å². The zero-order valence-electron chi connectivity index (χ0n) is 19.1. The predicted octanol–water partition coefficient (Wildman–Crippen LogP) is 3.88. The number of nitrogens with zero attached hydrogens (tertiary/aromatic N) is 4. The highest BCUT2D eigenvalue weighted by molar-refractivity contribution is 5.89. The van der Waals surface area contributed by atoms with Gasteiger partial charge in [0.1, 0.15) is 18.0 Å². The number of benzene rings is 2. The molecule has 5 rings (SSSR count). The molecular formula is C26H27F2N5O2. The number of amides is 2. The minimum Gasteiger partial charge on any atom is -0.395 e. The highest BCUT2D eigenvalue weighted by Gasteiger charge is 2.49. The predicted molar refractivity (Wildman–Crippen MR) is 128 cm³/mol. The number of hydrogen-bond donors (Lipinski definition) is 2. The van der Waals surface area contributed by atoms with Gasteiger partial charge in [-0.2, -0.15) is 0 Å². The summed E-state index contributed by atoms with van der Waals surface area (Å²) in [5.74, 6) is -1.25. The lowest BCUT2D eigenvalue weighted by atomic mass is 9.74. The van der Waals surface area contributed by atoms with E-state index in [0.29, 0.717) is 13.1 Å². The molecule has 3 atom stereocenters. The van der Waals surface area contributed by atoms with Gasteiger partial charge in [-0.15, -0.1) is 0 Å². The van der Waals surface area contributed by atoms with Crippen molar-refractivity contribution in [3.63, 3.8) is 0 Å². The van der Waals surface area contributed by atoms with Crippen LogP contribution in [0.4, 0.5) is 19.3 Å². The molecule has 0 unspecified atom stereocenters. The van der Waals surface area contributed by atoms with Crippen LogP contribution >= 0.6 is 0 Å². The largest absolute Gasteiger partial charge is 0.395 e. The molecule has 9 heteroatoms. The van der Waals surface area contributed by atoms with Gasteiger partial charge in [-0.1, -0.05) is 24.3 Å². The molecule has 2 aliphatic heterocycles. The first-order valence-electron chi connectivity index (χ1n) is 11.8. The fraction of sp³-hybridized carbons (Fsp3) is 0.346. The van der Waals surface area contributed by atoms with E-state index in [2.05, 4.69) is 32.3 Å². The van der Waals surface area contributed by atoms with Gasteiger partial charge in [-0.3, -0.25) is 4.90 Å². The first kappa shape index (κ1) is 23.3. The quantitative estimate of drug-likeness (QED) is 0.594. The number of halogens is 2. The van der Waals surface area contributed by atoms with E-state index >= 15 is 0 Å². The van der Waals surface area contributed by atoms with Gasteiger partial charge in [0.25, 0.3) is 0 Å². The molecule has 2 N–H and O–H groups in total. The number of fused-ring (bicyclic) bond motifs is 1. The Labute approximate surface area is 202 Å². The fourth-order valence-electron chi connectivity index (χ4n) is 5.26. The van der Waals surface area contributed by atoms with Gasteiger partial charge < -0.3 is 15.3 Å². The third-order valence-electron chi connectivity index (χ3n) is 7.02. The van der Waals surface area contributed by atoms with Gasteiger partial charge in [0.2, 0.25) is 0 Å². The maximum Gasteiger partial charge on any atom is 0.321 e. The molecule has 2 amide bonds. The van der Waals surface area contributed by atoms with Crippen LogP contribution < -0.4 is 5.32 Å². The summed E-state index contributed by atoms with van der Waals surface area (Å²) in [5.41, 5.74) is 2.84. The molecule has 35 heavy (non-hydrogen) atoms. The minimum atomic E-state index is -0.681. The fourth-order valence-corrected chi connectivity index (χ4v) is 5.26. The number of urea groups is 1. The Morgan fingerprint density at radius 2 is 1.77 bits per heavy atom. The van der Waals surface area contributed by atoms with Gasteiger partial charge in [0.15, 0.2) is 0 Å². The lowest BCUT2D eigenvalue weighted by Gasteiger charge is -2.57. The topological polar surface area (TPSA) is 81.6 Å². The van der Waals surface area contributed by atoms with E-state index in [1.807, 2.05) is 12.1 Å². The van der Waals surface area contributed by atoms with Crippen molar-refractivity contribution >= 4 is 11.7 Å². The molecule has 0 bridgehead atoms. The smallest absolute Gasteiger partial charge is 0.321 e. The van der Waals surface area contributed by atoms with Crippen molar-refractivity contribution in [1.29, 1.82) is 0 Å². The molecule has 1 aromatic heterocycles. The summed E-state index contributed by atoms with van der Waals surface area (Å²) in [7, 11) is 0. The van der Waals surface area contributed by atoms with Crippen LogP contribution in [0.15, 0.2) is 61.2 Å². The number of carbonyl (C=O) groups excluding carboxylic acids is 1. The van der Waals surface area contributed by atoms with E-state index in [-0.39, 0.29) is 30.3 Å². The molecule has 2 aromatic carbocycles. The van der Waals surface area contributed by atoms with Crippen molar-refractivity contribution in [2.75, 3.05) is 31.6 Å². The summed E-state index contributed by atoms with van der Waals surface area (Å²) in [4.78, 5) is 25.1. The highest BCUT2D eigenvalue weighted by atomic mass is 19.1. The number of aliphatic hydroxyl groups excluding tert-OH is 1. The maximum atomic E-state index is 14.1. The van der Waals surface area contributed by atoms with E-state index in [9.17, 15) is 18.7 Å².